The lowest BCUT2D eigenvalue weighted by Gasteiger charge is -2.34. The second kappa shape index (κ2) is 13.5. The summed E-state index contributed by atoms with van der Waals surface area (Å²) in [6.07, 6.45) is 0. The van der Waals surface area contributed by atoms with E-state index in [-0.39, 0.29) is 0 Å². The number of hydrogen-bond acceptors (Lipinski definition) is 0. The van der Waals surface area contributed by atoms with Gasteiger partial charge in [0.05, 0.1) is 14.2 Å². The summed E-state index contributed by atoms with van der Waals surface area (Å²) in [4.78, 5) is 0. The molecule has 0 saturated heterocycles. The van der Waals surface area contributed by atoms with Crippen LogP contribution in [0, 0.1) is 6.92 Å². The topological polar surface area (TPSA) is 0 Å². The molecule has 8 aromatic carbocycles. The van der Waals surface area contributed by atoms with Gasteiger partial charge in [-0.15, -0.1) is 0 Å². The molecule has 0 unspecified atom stereocenters. The highest BCUT2D eigenvalue weighted by molar-refractivity contribution is 6.72. The molecule has 0 N–H and O–H groups in total. The Kier molecular flexibility index (Phi) is 8.37. The predicted octanol–water partition coefficient (Wildman–Crippen LogP) is 13.0. The van der Waals surface area contributed by atoms with E-state index in [0.29, 0.717) is 0 Å². The molecular weight excluding hydrogens is 653 g/mol. The summed E-state index contributed by atoms with van der Waals surface area (Å²) in [6.45, 7) is 7.09. The van der Waals surface area contributed by atoms with Crippen LogP contribution in [0.4, 0.5) is 0 Å². The Bertz CT molecular complexity index is 2460. The van der Waals surface area contributed by atoms with E-state index >= 15 is 0 Å². The van der Waals surface area contributed by atoms with E-state index in [1.54, 1.807) is 0 Å². The summed E-state index contributed by atoms with van der Waals surface area (Å²) in [6, 6.07) is 72.2. The van der Waals surface area contributed by atoms with Crippen LogP contribution < -0.4 is 5.19 Å². The molecule has 1 aliphatic carbocycles. The highest BCUT2D eigenvalue weighted by Gasteiger charge is 2.46. The van der Waals surface area contributed by atoms with Crippen molar-refractivity contribution in [2.24, 2.45) is 0 Å². The molecular formula is C52H41Si. The Labute approximate surface area is 315 Å². The van der Waals surface area contributed by atoms with Crippen LogP contribution in [0.1, 0.15) is 27.8 Å². The molecule has 53 heavy (non-hydrogen) atoms. The van der Waals surface area contributed by atoms with Crippen molar-refractivity contribution in [2.45, 2.75) is 25.4 Å². The predicted molar refractivity (Wildman–Crippen MR) is 227 cm³/mol. The lowest BCUT2D eigenvalue weighted by atomic mass is 9.67. The van der Waals surface area contributed by atoms with E-state index < -0.39 is 14.2 Å². The highest BCUT2D eigenvalue weighted by Crippen LogP contribution is 2.58. The average Bonchev–Trinajstić information content (AvgIpc) is 3.53. The zero-order valence-corrected chi connectivity index (χ0v) is 31.5. The minimum atomic E-state index is -0.677. The van der Waals surface area contributed by atoms with Crippen molar-refractivity contribution in [3.63, 3.8) is 0 Å². The number of rotatable bonds is 7. The maximum atomic E-state index is 2.51. The Hall–Kier alpha value is -6.02. The first-order valence-electron chi connectivity index (χ1n) is 18.6. The standard InChI is InChI=1S/C52H41Si/c1-36-33-43(42-27-32-50(53(2)3)47(34-42)41-19-11-6-12-20-41)35-49-51(36)46-21-13-14-22-48(46)52(49,44-28-23-39(24-29-44)37-15-7-4-8-16-37)45-30-25-40(26-31-45)38-17-9-5-10-18-38/h4-35H,1-3H3. The first-order chi connectivity index (χ1) is 26.0. The molecule has 0 aromatic heterocycles. The molecule has 8 aromatic rings. The Morgan fingerprint density at radius 3 is 1.38 bits per heavy atom. The fraction of sp³-hybridized carbons (Fsp3) is 0.0769. The number of fused-ring (bicyclic) bond motifs is 3. The zero-order chi connectivity index (χ0) is 35.9. The largest absolute Gasteiger partial charge is 0.0799 e. The molecule has 0 aliphatic heterocycles. The van der Waals surface area contributed by atoms with Crippen LogP contribution in [-0.4, -0.2) is 8.80 Å². The van der Waals surface area contributed by atoms with E-state index in [2.05, 4.69) is 214 Å². The smallest absolute Gasteiger partial charge is 0.0671 e. The monoisotopic (exact) mass is 693 g/mol. The lowest BCUT2D eigenvalue weighted by Crippen LogP contribution is -2.28. The molecule has 0 spiro atoms. The van der Waals surface area contributed by atoms with E-state index in [0.717, 1.165) is 0 Å². The molecule has 1 aliphatic rings. The third-order valence-corrected chi connectivity index (χ3v) is 12.7. The number of hydrogen-bond donors (Lipinski definition) is 0. The molecule has 0 atom stereocenters. The van der Waals surface area contributed by atoms with Crippen molar-refractivity contribution in [1.29, 1.82) is 0 Å². The van der Waals surface area contributed by atoms with Crippen molar-refractivity contribution >= 4 is 14.0 Å². The molecule has 0 saturated carbocycles. The highest BCUT2D eigenvalue weighted by atomic mass is 28.3. The van der Waals surface area contributed by atoms with E-state index in [1.165, 1.54) is 88.6 Å². The molecule has 0 heterocycles. The fourth-order valence-corrected chi connectivity index (χ4v) is 9.84. The van der Waals surface area contributed by atoms with Gasteiger partial charge < -0.3 is 0 Å². The summed E-state index contributed by atoms with van der Waals surface area (Å²) in [7, 11) is -0.677. The fourth-order valence-electron chi connectivity index (χ4n) is 8.67. The van der Waals surface area contributed by atoms with Crippen LogP contribution in [0.2, 0.25) is 13.1 Å². The van der Waals surface area contributed by atoms with Crippen molar-refractivity contribution in [3.05, 3.63) is 222 Å². The van der Waals surface area contributed by atoms with Gasteiger partial charge in [-0.3, -0.25) is 0 Å². The molecule has 1 radical (unpaired) electrons. The Balaban J connectivity index is 1.30. The van der Waals surface area contributed by atoms with Crippen molar-refractivity contribution in [1.82, 2.24) is 0 Å². The van der Waals surface area contributed by atoms with Gasteiger partial charge in [0.2, 0.25) is 0 Å². The minimum Gasteiger partial charge on any atom is -0.0671 e. The maximum Gasteiger partial charge on any atom is 0.0799 e. The van der Waals surface area contributed by atoms with Crippen molar-refractivity contribution in [3.8, 4) is 55.6 Å². The molecule has 0 bridgehead atoms. The van der Waals surface area contributed by atoms with Crippen LogP contribution >= 0.6 is 0 Å². The van der Waals surface area contributed by atoms with Crippen molar-refractivity contribution in [2.75, 3.05) is 0 Å². The molecule has 9 rings (SSSR count). The van der Waals surface area contributed by atoms with Gasteiger partial charge in [-0.05, 0) is 103 Å². The average molecular weight is 694 g/mol. The van der Waals surface area contributed by atoms with Crippen LogP contribution in [-0.2, 0) is 5.41 Å². The van der Waals surface area contributed by atoms with E-state index in [4.69, 9.17) is 0 Å². The van der Waals surface area contributed by atoms with Gasteiger partial charge in [-0.25, -0.2) is 0 Å². The third-order valence-electron chi connectivity index (χ3n) is 11.2. The lowest BCUT2D eigenvalue weighted by molar-refractivity contribution is 0.768. The zero-order valence-electron chi connectivity index (χ0n) is 30.5. The van der Waals surface area contributed by atoms with Gasteiger partial charge in [0.1, 0.15) is 0 Å². The van der Waals surface area contributed by atoms with E-state index in [1.807, 2.05) is 0 Å². The first-order valence-corrected chi connectivity index (χ1v) is 21.1. The van der Waals surface area contributed by atoms with Gasteiger partial charge in [-0.1, -0.05) is 200 Å². The summed E-state index contributed by atoms with van der Waals surface area (Å²) in [5.74, 6) is 0. The summed E-state index contributed by atoms with van der Waals surface area (Å²) in [5, 5.41) is 1.47. The Morgan fingerprint density at radius 2 is 0.830 bits per heavy atom. The van der Waals surface area contributed by atoms with Crippen molar-refractivity contribution < 1.29 is 0 Å². The van der Waals surface area contributed by atoms with Gasteiger partial charge in [0, 0.05) is 0 Å². The quantitative estimate of drug-likeness (QED) is 0.146. The molecule has 1 heteroatoms. The van der Waals surface area contributed by atoms with Gasteiger partial charge in [0.15, 0.2) is 0 Å². The van der Waals surface area contributed by atoms with Crippen LogP contribution in [0.5, 0.6) is 0 Å². The molecule has 0 fully saturated rings. The Morgan fingerprint density at radius 1 is 0.358 bits per heavy atom. The maximum absolute atomic E-state index is 2.51. The molecule has 0 amide bonds. The van der Waals surface area contributed by atoms with Gasteiger partial charge in [-0.2, -0.15) is 0 Å². The van der Waals surface area contributed by atoms with Gasteiger partial charge in [0.25, 0.3) is 0 Å². The van der Waals surface area contributed by atoms with Gasteiger partial charge >= 0.3 is 0 Å². The second-order valence-electron chi connectivity index (χ2n) is 14.5. The summed E-state index contributed by atoms with van der Waals surface area (Å²) >= 11 is 0. The summed E-state index contributed by atoms with van der Waals surface area (Å²) in [5.41, 5.74) is 18.7. The minimum absolute atomic E-state index is 0.512. The molecule has 0 nitrogen and oxygen atoms in total. The number of benzene rings is 8. The first kappa shape index (κ1) is 32.9. The number of aryl methyl sites for hydroxylation is 1. The van der Waals surface area contributed by atoms with Crippen LogP contribution in [0.15, 0.2) is 194 Å². The van der Waals surface area contributed by atoms with Crippen LogP contribution in [0.25, 0.3) is 55.6 Å². The normalized spacial score (nSPS) is 12.8. The SMILES string of the molecule is Cc1cc(-c2ccc([Si](C)C)c(-c3ccccc3)c2)cc2c1-c1ccccc1C2(c1ccc(-c2ccccc2)cc1)c1ccc(-c2ccccc2)cc1. The summed E-state index contributed by atoms with van der Waals surface area (Å²) < 4.78 is 0. The molecule has 253 valence electrons. The second-order valence-corrected chi connectivity index (χ2v) is 17.1. The third kappa shape index (κ3) is 5.60. The van der Waals surface area contributed by atoms with E-state index in [9.17, 15) is 0 Å². The van der Waals surface area contributed by atoms with Crippen LogP contribution in [0.3, 0.4) is 0 Å².